The summed E-state index contributed by atoms with van der Waals surface area (Å²) in [7, 11) is 0. The van der Waals surface area contributed by atoms with Crippen LogP contribution in [-0.4, -0.2) is 43.7 Å². The van der Waals surface area contributed by atoms with Crippen molar-refractivity contribution in [2.75, 3.05) is 19.6 Å². The molecule has 5 rings (SSSR count). The summed E-state index contributed by atoms with van der Waals surface area (Å²) in [6.45, 7) is 3.80. The van der Waals surface area contributed by atoms with E-state index in [1.165, 1.54) is 22.0 Å². The van der Waals surface area contributed by atoms with Gasteiger partial charge in [-0.15, -0.1) is 5.10 Å². The predicted molar refractivity (Wildman–Crippen MR) is 116 cm³/mol. The molecule has 0 saturated heterocycles. The quantitative estimate of drug-likeness (QED) is 0.515. The number of hydrogen-bond donors (Lipinski definition) is 1. The number of fused-ring (bicyclic) bond motifs is 2. The first-order chi connectivity index (χ1) is 14.3. The van der Waals surface area contributed by atoms with Gasteiger partial charge in [-0.1, -0.05) is 30.3 Å². The fourth-order valence-electron chi connectivity index (χ4n) is 4.21. The van der Waals surface area contributed by atoms with Crippen molar-refractivity contribution >= 4 is 22.1 Å². The highest BCUT2D eigenvalue weighted by molar-refractivity contribution is 5.92. The average molecular weight is 387 g/mol. The van der Waals surface area contributed by atoms with Crippen LogP contribution in [0.1, 0.15) is 24.8 Å². The van der Waals surface area contributed by atoms with Crippen LogP contribution in [0.2, 0.25) is 0 Å². The highest BCUT2D eigenvalue weighted by Gasteiger charge is 2.15. The zero-order valence-corrected chi connectivity index (χ0v) is 16.4. The second-order valence-electron chi connectivity index (χ2n) is 7.67. The van der Waals surface area contributed by atoms with Crippen molar-refractivity contribution in [1.29, 1.82) is 0 Å². The molecule has 1 aliphatic heterocycles. The third kappa shape index (κ3) is 3.51. The number of rotatable bonds is 6. The van der Waals surface area contributed by atoms with Gasteiger partial charge in [-0.3, -0.25) is 9.30 Å². The van der Waals surface area contributed by atoms with E-state index in [1.54, 1.807) is 15.3 Å². The Kier molecular flexibility index (Phi) is 4.77. The van der Waals surface area contributed by atoms with Crippen molar-refractivity contribution in [2.24, 2.45) is 0 Å². The van der Waals surface area contributed by atoms with Crippen molar-refractivity contribution in [2.45, 2.75) is 25.8 Å². The summed E-state index contributed by atoms with van der Waals surface area (Å²) in [6.07, 6.45) is 9.38. The molecule has 1 aliphatic rings. The standard InChI is InChI=1S/C23H25N5O/c29-23-27-13-4-3-9-22(27)25-28(23)14-6-5-12-26-15-10-18(11-16-26)20-17-24-21-8-2-1-7-19(20)21/h1-4,7-10,13,17,24H,5-6,11-12,14-16H2. The molecule has 0 amide bonds. The number of nitrogens with zero attached hydrogens (tertiary/aromatic N) is 4. The molecule has 0 atom stereocenters. The first-order valence-electron chi connectivity index (χ1n) is 10.3. The molecule has 0 spiro atoms. The fourth-order valence-corrected chi connectivity index (χ4v) is 4.21. The summed E-state index contributed by atoms with van der Waals surface area (Å²) in [5.41, 5.74) is 4.64. The largest absolute Gasteiger partial charge is 0.361 e. The molecule has 0 unspecified atom stereocenters. The van der Waals surface area contributed by atoms with Crippen LogP contribution in [0.15, 0.2) is 65.7 Å². The third-order valence-corrected chi connectivity index (χ3v) is 5.81. The molecule has 6 nitrogen and oxygen atoms in total. The lowest BCUT2D eigenvalue weighted by molar-refractivity contribution is 0.291. The van der Waals surface area contributed by atoms with Crippen LogP contribution in [0, 0.1) is 0 Å². The van der Waals surface area contributed by atoms with Gasteiger partial charge in [0, 0.05) is 48.5 Å². The van der Waals surface area contributed by atoms with E-state index < -0.39 is 0 Å². The molecule has 148 valence electrons. The number of aromatic amines is 1. The first kappa shape index (κ1) is 17.9. The second-order valence-corrected chi connectivity index (χ2v) is 7.67. The first-order valence-corrected chi connectivity index (χ1v) is 10.3. The molecular formula is C23H25N5O. The number of aryl methyl sites for hydroxylation is 1. The lowest BCUT2D eigenvalue weighted by atomic mass is 9.99. The van der Waals surface area contributed by atoms with Gasteiger partial charge in [-0.2, -0.15) is 0 Å². The molecule has 6 heteroatoms. The number of para-hydroxylation sites is 1. The van der Waals surface area contributed by atoms with E-state index in [4.69, 9.17) is 0 Å². The Morgan fingerprint density at radius 2 is 1.90 bits per heavy atom. The molecule has 4 aromatic rings. The van der Waals surface area contributed by atoms with Crippen molar-refractivity contribution in [1.82, 2.24) is 24.1 Å². The molecule has 0 bridgehead atoms. The van der Waals surface area contributed by atoms with Crippen LogP contribution in [0.4, 0.5) is 0 Å². The highest BCUT2D eigenvalue weighted by Crippen LogP contribution is 2.29. The number of benzene rings is 1. The van der Waals surface area contributed by atoms with Crippen LogP contribution in [0.25, 0.3) is 22.1 Å². The minimum atomic E-state index is -0.0510. The maximum Gasteiger partial charge on any atom is 0.350 e. The highest BCUT2D eigenvalue weighted by atomic mass is 16.2. The van der Waals surface area contributed by atoms with Gasteiger partial charge < -0.3 is 4.98 Å². The minimum Gasteiger partial charge on any atom is -0.361 e. The normalized spacial score (nSPS) is 15.2. The topological polar surface area (TPSA) is 58.3 Å². The van der Waals surface area contributed by atoms with Gasteiger partial charge >= 0.3 is 5.69 Å². The third-order valence-electron chi connectivity index (χ3n) is 5.81. The monoisotopic (exact) mass is 387 g/mol. The van der Waals surface area contributed by atoms with Gasteiger partial charge in [0.25, 0.3) is 0 Å². The van der Waals surface area contributed by atoms with E-state index in [9.17, 15) is 4.79 Å². The molecule has 0 radical (unpaired) electrons. The summed E-state index contributed by atoms with van der Waals surface area (Å²) in [4.78, 5) is 18.2. The van der Waals surface area contributed by atoms with Gasteiger partial charge in [0.05, 0.1) is 0 Å². The van der Waals surface area contributed by atoms with Crippen LogP contribution in [0.3, 0.4) is 0 Å². The smallest absolute Gasteiger partial charge is 0.350 e. The Bertz CT molecular complexity index is 1230. The maximum absolute atomic E-state index is 12.3. The Balaban J connectivity index is 1.15. The van der Waals surface area contributed by atoms with Gasteiger partial charge in [-0.05, 0) is 49.6 Å². The van der Waals surface area contributed by atoms with Gasteiger partial charge in [-0.25, -0.2) is 9.48 Å². The summed E-state index contributed by atoms with van der Waals surface area (Å²) in [6, 6.07) is 14.1. The van der Waals surface area contributed by atoms with E-state index in [-0.39, 0.29) is 5.69 Å². The van der Waals surface area contributed by atoms with Crippen molar-refractivity contribution in [3.05, 3.63) is 77.0 Å². The van der Waals surface area contributed by atoms with Crippen molar-refractivity contribution < 1.29 is 0 Å². The molecule has 0 saturated carbocycles. The van der Waals surface area contributed by atoms with Gasteiger partial charge in [0.1, 0.15) is 0 Å². The molecular weight excluding hydrogens is 362 g/mol. The lowest BCUT2D eigenvalue weighted by Gasteiger charge is -2.26. The van der Waals surface area contributed by atoms with Crippen molar-refractivity contribution in [3.63, 3.8) is 0 Å². The molecule has 3 aromatic heterocycles. The van der Waals surface area contributed by atoms with Gasteiger partial charge in [0.2, 0.25) is 0 Å². The molecule has 0 fully saturated rings. The summed E-state index contributed by atoms with van der Waals surface area (Å²) >= 11 is 0. The minimum absolute atomic E-state index is 0.0510. The SMILES string of the molecule is O=c1n(CCCCN2CC=C(c3c[nH]c4ccccc34)CC2)nc2ccccn12. The molecule has 4 heterocycles. The van der Waals surface area contributed by atoms with Crippen LogP contribution in [0.5, 0.6) is 0 Å². The van der Waals surface area contributed by atoms with E-state index in [2.05, 4.69) is 51.5 Å². The van der Waals surface area contributed by atoms with Crippen LogP contribution >= 0.6 is 0 Å². The Morgan fingerprint density at radius 3 is 2.76 bits per heavy atom. The molecule has 1 N–H and O–H groups in total. The second kappa shape index (κ2) is 7.72. The number of nitrogens with one attached hydrogen (secondary N) is 1. The van der Waals surface area contributed by atoms with Crippen molar-refractivity contribution in [3.8, 4) is 0 Å². The van der Waals surface area contributed by atoms with Gasteiger partial charge in [0.15, 0.2) is 5.65 Å². The number of pyridine rings is 1. The summed E-state index contributed by atoms with van der Waals surface area (Å²) < 4.78 is 3.18. The van der Waals surface area contributed by atoms with E-state index in [1.807, 2.05) is 18.2 Å². The van der Waals surface area contributed by atoms with Crippen LogP contribution < -0.4 is 5.69 Å². The summed E-state index contributed by atoms with van der Waals surface area (Å²) in [5.74, 6) is 0. The van der Waals surface area contributed by atoms with E-state index >= 15 is 0 Å². The van der Waals surface area contributed by atoms with E-state index in [0.29, 0.717) is 12.2 Å². The molecule has 1 aromatic carbocycles. The zero-order valence-electron chi connectivity index (χ0n) is 16.4. The number of unbranched alkanes of at least 4 members (excludes halogenated alkanes) is 1. The number of aromatic nitrogens is 4. The average Bonchev–Trinajstić information content (AvgIpc) is 3.33. The zero-order chi connectivity index (χ0) is 19.6. The van der Waals surface area contributed by atoms with E-state index in [0.717, 1.165) is 38.9 Å². The lowest BCUT2D eigenvalue weighted by Crippen LogP contribution is -2.30. The Hall–Kier alpha value is -3.12. The predicted octanol–water partition coefficient (Wildman–Crippen LogP) is 3.55. The molecule has 29 heavy (non-hydrogen) atoms. The fraction of sp³-hybridized carbons (Fsp3) is 0.304. The van der Waals surface area contributed by atoms with Crippen LogP contribution in [-0.2, 0) is 6.54 Å². The maximum atomic E-state index is 12.3. The Morgan fingerprint density at radius 1 is 1.03 bits per heavy atom. The molecule has 0 aliphatic carbocycles. The summed E-state index contributed by atoms with van der Waals surface area (Å²) in [5, 5.41) is 5.71. The number of H-pyrrole nitrogens is 1. The number of hydrogen-bond acceptors (Lipinski definition) is 3. The Labute approximate surface area is 169 Å².